The van der Waals surface area contributed by atoms with Crippen molar-refractivity contribution in [2.45, 2.75) is 31.6 Å². The Morgan fingerprint density at radius 2 is 1.92 bits per heavy atom. The zero-order valence-electron chi connectivity index (χ0n) is 13.7. The molecule has 0 heterocycles. The molecule has 0 aromatic heterocycles. The van der Waals surface area contributed by atoms with Gasteiger partial charge in [0.25, 0.3) is 0 Å². The number of esters is 1. The number of hydrogen-bond acceptors (Lipinski definition) is 3. The van der Waals surface area contributed by atoms with Crippen molar-refractivity contribution in [3.8, 4) is 11.5 Å². The van der Waals surface area contributed by atoms with Gasteiger partial charge in [-0.2, -0.15) is 0 Å². The lowest BCUT2D eigenvalue weighted by Gasteiger charge is -2.23. The van der Waals surface area contributed by atoms with Crippen LogP contribution >= 0.6 is 27.5 Å². The minimum absolute atomic E-state index is 0.229. The molecular formula is C19H20BrClO3. The number of para-hydroxylation sites is 1. The maximum Gasteiger partial charge on any atom is 0.305 e. The summed E-state index contributed by atoms with van der Waals surface area (Å²) in [4.78, 5) is 10.9. The van der Waals surface area contributed by atoms with Crippen LogP contribution in [0.25, 0.3) is 0 Å². The molecule has 0 aliphatic carbocycles. The number of halogens is 2. The monoisotopic (exact) mass is 410 g/mol. The molecule has 2 aromatic carbocycles. The fourth-order valence-corrected chi connectivity index (χ4v) is 2.91. The maximum absolute atomic E-state index is 11.5. The summed E-state index contributed by atoms with van der Waals surface area (Å²) in [6.07, 6.45) is 0.784. The highest BCUT2D eigenvalue weighted by atomic mass is 79.9. The van der Waals surface area contributed by atoms with E-state index in [1.54, 1.807) is 6.92 Å². The van der Waals surface area contributed by atoms with E-state index in [0.29, 0.717) is 18.8 Å². The van der Waals surface area contributed by atoms with Crippen LogP contribution in [0.5, 0.6) is 11.5 Å². The molecule has 0 aliphatic heterocycles. The summed E-state index contributed by atoms with van der Waals surface area (Å²) in [6, 6.07) is 15.3. The number of ether oxygens (including phenoxy) is 2. The summed E-state index contributed by atoms with van der Waals surface area (Å²) in [6.45, 7) is 4.07. The second-order valence-electron chi connectivity index (χ2n) is 5.56. The van der Waals surface area contributed by atoms with Crippen LogP contribution in [0.4, 0.5) is 0 Å². The average Bonchev–Trinajstić information content (AvgIpc) is 2.56. The van der Waals surface area contributed by atoms with Crippen LogP contribution in [0, 0.1) is 0 Å². The number of carbonyl (C=O) groups excluding carboxylic acids is 1. The van der Waals surface area contributed by atoms with Crippen molar-refractivity contribution in [1.82, 2.24) is 0 Å². The predicted octanol–water partition coefficient (Wildman–Crippen LogP) is 6.04. The molecule has 5 heteroatoms. The topological polar surface area (TPSA) is 35.5 Å². The molecule has 0 saturated carbocycles. The van der Waals surface area contributed by atoms with Gasteiger partial charge in [-0.15, -0.1) is 11.6 Å². The molecule has 3 nitrogen and oxygen atoms in total. The number of carbonyl (C=O) groups is 1. The van der Waals surface area contributed by atoms with Gasteiger partial charge in [-0.25, -0.2) is 0 Å². The first kappa shape index (κ1) is 18.8. The van der Waals surface area contributed by atoms with Gasteiger partial charge in [0.2, 0.25) is 0 Å². The zero-order valence-corrected chi connectivity index (χ0v) is 16.1. The zero-order chi connectivity index (χ0) is 17.6. The van der Waals surface area contributed by atoms with E-state index in [-0.39, 0.29) is 12.4 Å². The molecule has 0 saturated heterocycles. The number of hydrogen-bond donors (Lipinski definition) is 0. The molecule has 1 unspecified atom stereocenters. The summed E-state index contributed by atoms with van der Waals surface area (Å²) in [5, 5.41) is 0. The fourth-order valence-electron chi connectivity index (χ4n) is 2.24. The van der Waals surface area contributed by atoms with Gasteiger partial charge in [0, 0.05) is 6.42 Å². The van der Waals surface area contributed by atoms with Crippen molar-refractivity contribution in [1.29, 1.82) is 0 Å². The first-order chi connectivity index (χ1) is 11.4. The number of rotatable bonds is 7. The van der Waals surface area contributed by atoms with E-state index in [0.717, 1.165) is 15.8 Å². The first-order valence-electron chi connectivity index (χ1n) is 7.80. The second kappa shape index (κ2) is 8.54. The Morgan fingerprint density at radius 3 is 2.54 bits per heavy atom. The van der Waals surface area contributed by atoms with Crippen LogP contribution in [-0.4, -0.2) is 12.6 Å². The molecule has 0 bridgehead atoms. The van der Waals surface area contributed by atoms with Crippen molar-refractivity contribution in [2.75, 3.05) is 6.61 Å². The summed E-state index contributed by atoms with van der Waals surface area (Å²) < 4.78 is 11.6. The lowest BCUT2D eigenvalue weighted by Crippen LogP contribution is -2.17. The maximum atomic E-state index is 11.5. The van der Waals surface area contributed by atoms with Crippen molar-refractivity contribution in [3.05, 3.63) is 58.6 Å². The number of alkyl halides is 1. The van der Waals surface area contributed by atoms with Gasteiger partial charge in [-0.1, -0.05) is 24.3 Å². The van der Waals surface area contributed by atoms with Crippen molar-refractivity contribution >= 4 is 33.5 Å². The molecule has 2 aromatic rings. The SMILES string of the molecule is CCOC(=O)CCC(C)(Cl)c1ccc(Oc2ccccc2)c(Br)c1. The Labute approximate surface area is 156 Å². The summed E-state index contributed by atoms with van der Waals surface area (Å²) in [5.41, 5.74) is 0.917. The van der Waals surface area contributed by atoms with Crippen LogP contribution in [0.3, 0.4) is 0 Å². The smallest absolute Gasteiger partial charge is 0.305 e. The Hall–Kier alpha value is -1.52. The predicted molar refractivity (Wildman–Crippen MR) is 99.7 cm³/mol. The van der Waals surface area contributed by atoms with Crippen molar-refractivity contribution in [2.24, 2.45) is 0 Å². The van der Waals surface area contributed by atoms with E-state index in [2.05, 4.69) is 15.9 Å². The van der Waals surface area contributed by atoms with E-state index >= 15 is 0 Å². The highest BCUT2D eigenvalue weighted by molar-refractivity contribution is 9.10. The molecule has 0 fully saturated rings. The van der Waals surface area contributed by atoms with Crippen LogP contribution in [-0.2, 0) is 14.4 Å². The highest BCUT2D eigenvalue weighted by Crippen LogP contribution is 2.38. The van der Waals surface area contributed by atoms with Gasteiger partial charge in [0.05, 0.1) is 16.0 Å². The molecule has 24 heavy (non-hydrogen) atoms. The lowest BCUT2D eigenvalue weighted by atomic mass is 9.95. The molecule has 128 valence electrons. The van der Waals surface area contributed by atoms with E-state index in [9.17, 15) is 4.79 Å². The molecule has 2 rings (SSSR count). The molecule has 0 radical (unpaired) electrons. The molecule has 0 amide bonds. The van der Waals surface area contributed by atoms with Crippen molar-refractivity contribution < 1.29 is 14.3 Å². The van der Waals surface area contributed by atoms with Crippen LogP contribution in [0.15, 0.2) is 53.0 Å². The van der Waals surface area contributed by atoms with Gasteiger partial charge < -0.3 is 9.47 Å². The molecule has 1 atom stereocenters. The van der Waals surface area contributed by atoms with E-state index in [1.165, 1.54) is 0 Å². The molecule has 0 N–H and O–H groups in total. The number of benzene rings is 2. The molecule has 0 aliphatic rings. The standard InChI is InChI=1S/C19H20BrClO3/c1-3-23-18(22)11-12-19(2,21)14-9-10-17(16(20)13-14)24-15-7-5-4-6-8-15/h4-10,13H,3,11-12H2,1-2H3. The fraction of sp³-hybridized carbons (Fsp3) is 0.316. The van der Waals surface area contributed by atoms with E-state index in [1.807, 2.05) is 55.5 Å². The minimum Gasteiger partial charge on any atom is -0.466 e. The van der Waals surface area contributed by atoms with Gasteiger partial charge in [-0.3, -0.25) is 4.79 Å². The van der Waals surface area contributed by atoms with Crippen LogP contribution < -0.4 is 4.74 Å². The molecule has 0 spiro atoms. The quantitative estimate of drug-likeness (QED) is 0.411. The third-order valence-corrected chi connectivity index (χ3v) is 4.64. The normalized spacial score (nSPS) is 13.2. The van der Waals surface area contributed by atoms with E-state index < -0.39 is 4.87 Å². The van der Waals surface area contributed by atoms with Gasteiger partial charge in [0.1, 0.15) is 11.5 Å². The third-order valence-electron chi connectivity index (χ3n) is 3.61. The lowest BCUT2D eigenvalue weighted by molar-refractivity contribution is -0.143. The van der Waals surface area contributed by atoms with Crippen LogP contribution in [0.1, 0.15) is 32.3 Å². The highest BCUT2D eigenvalue weighted by Gasteiger charge is 2.25. The minimum atomic E-state index is -0.652. The van der Waals surface area contributed by atoms with Crippen LogP contribution in [0.2, 0.25) is 0 Å². The summed E-state index contributed by atoms with van der Waals surface area (Å²) >= 11 is 10.1. The Morgan fingerprint density at radius 1 is 1.21 bits per heavy atom. The van der Waals surface area contributed by atoms with E-state index in [4.69, 9.17) is 21.1 Å². The second-order valence-corrected chi connectivity index (χ2v) is 7.25. The Kier molecular flexibility index (Phi) is 6.69. The third kappa shape index (κ3) is 5.25. The van der Waals surface area contributed by atoms with Gasteiger partial charge >= 0.3 is 5.97 Å². The summed E-state index contributed by atoms with van der Waals surface area (Å²) in [5.74, 6) is 1.25. The van der Waals surface area contributed by atoms with Gasteiger partial charge in [0.15, 0.2) is 0 Å². The van der Waals surface area contributed by atoms with Gasteiger partial charge in [-0.05, 0) is 66.0 Å². The van der Waals surface area contributed by atoms with Crippen molar-refractivity contribution in [3.63, 3.8) is 0 Å². The average molecular weight is 412 g/mol. The largest absolute Gasteiger partial charge is 0.466 e. The molecular weight excluding hydrogens is 392 g/mol. The first-order valence-corrected chi connectivity index (χ1v) is 8.97. The Bertz CT molecular complexity index is 686. The Balaban J connectivity index is 2.08. The summed E-state index contributed by atoms with van der Waals surface area (Å²) in [7, 11) is 0.